The summed E-state index contributed by atoms with van der Waals surface area (Å²) >= 11 is 0. The van der Waals surface area contributed by atoms with Crippen molar-refractivity contribution in [1.29, 1.82) is 0 Å². The van der Waals surface area contributed by atoms with Crippen LogP contribution in [0.1, 0.15) is 40.7 Å². The van der Waals surface area contributed by atoms with Crippen LogP contribution in [0.4, 0.5) is 5.69 Å². The molecule has 7 nitrogen and oxygen atoms in total. The van der Waals surface area contributed by atoms with E-state index in [2.05, 4.69) is 14.7 Å². The third-order valence-corrected chi connectivity index (χ3v) is 5.30. The summed E-state index contributed by atoms with van der Waals surface area (Å²) in [4.78, 5) is 20.8. The SMILES string of the molecule is O=C(OC(c1ncccn1)C1CC1)c1ccc2c(c1)NS(=O)(=O)C2. The van der Waals surface area contributed by atoms with Crippen LogP contribution in [0.5, 0.6) is 0 Å². The van der Waals surface area contributed by atoms with Gasteiger partial charge >= 0.3 is 5.97 Å². The van der Waals surface area contributed by atoms with Gasteiger partial charge in [-0.15, -0.1) is 0 Å². The maximum Gasteiger partial charge on any atom is 0.338 e. The number of carbonyl (C=O) groups excluding carboxylic acids is 1. The highest BCUT2D eigenvalue weighted by Gasteiger charge is 2.37. The van der Waals surface area contributed by atoms with Crippen LogP contribution in [0, 0.1) is 5.92 Å². The van der Waals surface area contributed by atoms with Crippen LogP contribution >= 0.6 is 0 Å². The molecule has 1 aromatic heterocycles. The number of hydrogen-bond acceptors (Lipinski definition) is 6. The van der Waals surface area contributed by atoms with Crippen molar-refractivity contribution in [2.75, 3.05) is 4.72 Å². The molecule has 1 aromatic carbocycles. The van der Waals surface area contributed by atoms with Crippen molar-refractivity contribution in [2.45, 2.75) is 24.7 Å². The Labute approximate surface area is 139 Å². The van der Waals surface area contributed by atoms with Gasteiger partial charge in [-0.1, -0.05) is 6.07 Å². The Balaban J connectivity index is 1.56. The molecule has 2 aliphatic rings. The fourth-order valence-corrected chi connectivity index (χ4v) is 3.99. The van der Waals surface area contributed by atoms with Crippen LogP contribution in [0.15, 0.2) is 36.7 Å². The van der Waals surface area contributed by atoms with E-state index >= 15 is 0 Å². The summed E-state index contributed by atoms with van der Waals surface area (Å²) in [6.07, 6.45) is 4.72. The van der Waals surface area contributed by atoms with Gasteiger partial charge in [-0.2, -0.15) is 0 Å². The number of fused-ring (bicyclic) bond motifs is 1. The fourth-order valence-electron chi connectivity index (χ4n) is 2.73. The maximum atomic E-state index is 12.5. The zero-order valence-electron chi connectivity index (χ0n) is 12.7. The molecule has 1 aliphatic carbocycles. The molecule has 1 aliphatic heterocycles. The summed E-state index contributed by atoms with van der Waals surface area (Å²) < 4.78 is 31.2. The summed E-state index contributed by atoms with van der Waals surface area (Å²) in [7, 11) is -3.34. The predicted molar refractivity (Wildman–Crippen MR) is 85.6 cm³/mol. The number of ether oxygens (including phenoxy) is 1. The van der Waals surface area contributed by atoms with Crippen molar-refractivity contribution in [2.24, 2.45) is 5.92 Å². The summed E-state index contributed by atoms with van der Waals surface area (Å²) in [5, 5.41) is 0. The van der Waals surface area contributed by atoms with Crippen LogP contribution in [-0.4, -0.2) is 24.4 Å². The van der Waals surface area contributed by atoms with E-state index in [0.717, 1.165) is 12.8 Å². The normalized spacial score (nSPS) is 19.2. The monoisotopic (exact) mass is 345 g/mol. The van der Waals surface area contributed by atoms with Crippen LogP contribution in [0.2, 0.25) is 0 Å². The Morgan fingerprint density at radius 2 is 2.00 bits per heavy atom. The van der Waals surface area contributed by atoms with E-state index in [1.165, 1.54) is 6.07 Å². The predicted octanol–water partition coefficient (Wildman–Crippen LogP) is 2.04. The number of carbonyl (C=O) groups is 1. The van der Waals surface area contributed by atoms with Gasteiger partial charge in [0, 0.05) is 18.3 Å². The lowest BCUT2D eigenvalue weighted by molar-refractivity contribution is 0.0218. The van der Waals surface area contributed by atoms with Crippen LogP contribution < -0.4 is 4.72 Å². The second kappa shape index (κ2) is 5.55. The Bertz CT molecular complexity index is 895. The lowest BCUT2D eigenvalue weighted by Crippen LogP contribution is -2.16. The van der Waals surface area contributed by atoms with E-state index in [1.54, 1.807) is 30.6 Å². The van der Waals surface area contributed by atoms with Gasteiger partial charge in [-0.25, -0.2) is 23.2 Å². The molecule has 4 rings (SSSR count). The van der Waals surface area contributed by atoms with Gasteiger partial charge in [-0.3, -0.25) is 4.72 Å². The van der Waals surface area contributed by atoms with Crippen LogP contribution in [-0.2, 0) is 20.5 Å². The number of anilines is 1. The fraction of sp³-hybridized carbons (Fsp3) is 0.312. The minimum absolute atomic E-state index is 0.0692. The molecular formula is C16H15N3O4S. The highest BCUT2D eigenvalue weighted by molar-refractivity contribution is 7.92. The highest BCUT2D eigenvalue weighted by Crippen LogP contribution is 2.42. The molecule has 2 heterocycles. The van der Waals surface area contributed by atoms with Gasteiger partial charge in [0.25, 0.3) is 0 Å². The molecule has 0 amide bonds. The summed E-state index contributed by atoms with van der Waals surface area (Å²) in [6.45, 7) is 0. The van der Waals surface area contributed by atoms with Crippen molar-refractivity contribution in [3.63, 3.8) is 0 Å². The molecule has 1 fully saturated rings. The first-order valence-corrected chi connectivity index (χ1v) is 9.28. The van der Waals surface area contributed by atoms with Gasteiger partial charge in [0.2, 0.25) is 10.0 Å². The third-order valence-electron chi connectivity index (χ3n) is 4.08. The van der Waals surface area contributed by atoms with Gasteiger partial charge < -0.3 is 4.74 Å². The van der Waals surface area contributed by atoms with E-state index in [-0.39, 0.29) is 11.7 Å². The number of hydrogen-bond donors (Lipinski definition) is 1. The quantitative estimate of drug-likeness (QED) is 0.852. The first-order valence-electron chi connectivity index (χ1n) is 7.63. The van der Waals surface area contributed by atoms with E-state index < -0.39 is 22.1 Å². The second-order valence-electron chi connectivity index (χ2n) is 6.00. The summed E-state index contributed by atoms with van der Waals surface area (Å²) in [5.41, 5.74) is 1.39. The Morgan fingerprint density at radius 3 is 2.71 bits per heavy atom. The minimum atomic E-state index is -3.34. The molecule has 124 valence electrons. The van der Waals surface area contributed by atoms with Crippen LogP contribution in [0.25, 0.3) is 0 Å². The molecule has 0 radical (unpaired) electrons. The van der Waals surface area contributed by atoms with E-state index in [1.807, 2.05) is 0 Å². The summed E-state index contributed by atoms with van der Waals surface area (Å²) in [6, 6.07) is 6.44. The van der Waals surface area contributed by atoms with E-state index in [0.29, 0.717) is 22.6 Å². The van der Waals surface area contributed by atoms with Crippen LogP contribution in [0.3, 0.4) is 0 Å². The number of aromatic nitrogens is 2. The molecular weight excluding hydrogens is 330 g/mol. The molecule has 0 spiro atoms. The van der Waals surface area contributed by atoms with Gasteiger partial charge in [0.15, 0.2) is 11.9 Å². The molecule has 24 heavy (non-hydrogen) atoms. The van der Waals surface area contributed by atoms with Gasteiger partial charge in [0.1, 0.15) is 0 Å². The number of sulfonamides is 1. The van der Waals surface area contributed by atoms with E-state index in [9.17, 15) is 13.2 Å². The molecule has 1 atom stereocenters. The summed E-state index contributed by atoms with van der Waals surface area (Å²) in [5.74, 6) is 0.160. The largest absolute Gasteiger partial charge is 0.450 e. The molecule has 2 aromatic rings. The number of benzene rings is 1. The van der Waals surface area contributed by atoms with Crippen molar-refractivity contribution >= 4 is 21.7 Å². The average molecular weight is 345 g/mol. The lowest BCUT2D eigenvalue weighted by Gasteiger charge is -2.16. The first-order chi connectivity index (χ1) is 11.5. The second-order valence-corrected chi connectivity index (χ2v) is 7.73. The van der Waals surface area contributed by atoms with E-state index in [4.69, 9.17) is 4.74 Å². The molecule has 1 unspecified atom stereocenters. The number of nitrogens with one attached hydrogen (secondary N) is 1. The number of rotatable bonds is 4. The topological polar surface area (TPSA) is 98.2 Å². The lowest BCUT2D eigenvalue weighted by atomic mass is 10.1. The van der Waals surface area contributed by atoms with Crippen molar-refractivity contribution < 1.29 is 17.9 Å². The first kappa shape index (κ1) is 15.1. The van der Waals surface area contributed by atoms with Gasteiger partial charge in [-0.05, 0) is 36.6 Å². The Morgan fingerprint density at radius 1 is 1.25 bits per heavy atom. The Hall–Kier alpha value is -2.48. The molecule has 1 N–H and O–H groups in total. The smallest absolute Gasteiger partial charge is 0.338 e. The molecule has 1 saturated carbocycles. The standard InChI is InChI=1S/C16H15N3O4S/c20-16(11-4-5-12-9-24(21,22)19-13(12)8-11)23-14(10-2-3-10)15-17-6-1-7-18-15/h1,4-8,10,14,19H,2-3,9H2. The van der Waals surface area contributed by atoms with Crippen molar-refractivity contribution in [1.82, 2.24) is 9.97 Å². The Kier molecular flexibility index (Phi) is 3.49. The molecule has 8 heteroatoms. The third kappa shape index (κ3) is 2.96. The maximum absolute atomic E-state index is 12.5. The minimum Gasteiger partial charge on any atom is -0.450 e. The number of nitrogens with zero attached hydrogens (tertiary/aromatic N) is 2. The van der Waals surface area contributed by atoms with Crippen molar-refractivity contribution in [3.8, 4) is 0 Å². The van der Waals surface area contributed by atoms with Crippen molar-refractivity contribution in [3.05, 3.63) is 53.6 Å². The number of esters is 1. The zero-order chi connectivity index (χ0) is 16.7. The molecule has 0 bridgehead atoms. The molecule has 0 saturated heterocycles. The zero-order valence-corrected chi connectivity index (χ0v) is 13.5. The average Bonchev–Trinajstić information content (AvgIpc) is 3.34. The highest BCUT2D eigenvalue weighted by atomic mass is 32.2. The van der Waals surface area contributed by atoms with Gasteiger partial charge in [0.05, 0.1) is 17.0 Å².